The predicted molar refractivity (Wildman–Crippen MR) is 154 cm³/mol. The Bertz CT molecular complexity index is 1380. The largest absolute Gasteiger partial charge is 0.454 e. The number of aromatic nitrogens is 1. The maximum absolute atomic E-state index is 13.3. The molecule has 1 amide bonds. The number of carbonyl (C=O) groups is 1. The Kier molecular flexibility index (Phi) is 9.13. The van der Waals surface area contributed by atoms with Crippen LogP contribution in [-0.2, 0) is 18.4 Å². The molecule has 1 aromatic heterocycles. The summed E-state index contributed by atoms with van der Waals surface area (Å²) in [5.74, 6) is 1.75. The molecule has 3 heterocycles. The number of hydrogen-bond donors (Lipinski definition) is 1. The van der Waals surface area contributed by atoms with Gasteiger partial charge < -0.3 is 14.8 Å². The summed E-state index contributed by atoms with van der Waals surface area (Å²) in [6.45, 7) is 5.11. The van der Waals surface area contributed by atoms with E-state index in [4.69, 9.17) is 21.7 Å². The van der Waals surface area contributed by atoms with Crippen LogP contribution in [0.25, 0.3) is 6.08 Å². The zero-order valence-corrected chi connectivity index (χ0v) is 23.6. The first-order valence-corrected chi connectivity index (χ1v) is 14.1. The molecule has 2 aliphatic heterocycles. The summed E-state index contributed by atoms with van der Waals surface area (Å²) in [5.41, 5.74) is 1.72. The number of nitrogens with zero attached hydrogens (tertiary/aromatic N) is 3. The Morgan fingerprint density at radius 2 is 1.89 bits per heavy atom. The molecule has 0 bridgehead atoms. The number of benzene rings is 1. The highest BCUT2D eigenvalue weighted by atomic mass is 32.2. The maximum Gasteiger partial charge on any atom is 0.270 e. The number of pyridine rings is 1. The van der Waals surface area contributed by atoms with Crippen molar-refractivity contribution < 1.29 is 14.3 Å². The van der Waals surface area contributed by atoms with Crippen molar-refractivity contribution >= 4 is 46.1 Å². The average Bonchev–Trinajstić information content (AvgIpc) is 3.48. The maximum atomic E-state index is 13.3. The number of anilines is 1. The van der Waals surface area contributed by atoms with Crippen molar-refractivity contribution in [1.82, 2.24) is 9.47 Å². The summed E-state index contributed by atoms with van der Waals surface area (Å²) in [5, 5.41) is 13.0. The third-order valence-corrected chi connectivity index (χ3v) is 8.16. The molecule has 0 atom stereocenters. The van der Waals surface area contributed by atoms with Crippen LogP contribution in [0.3, 0.4) is 0 Å². The smallest absolute Gasteiger partial charge is 0.270 e. The van der Waals surface area contributed by atoms with E-state index in [2.05, 4.69) is 12.2 Å². The van der Waals surface area contributed by atoms with Crippen molar-refractivity contribution in [3.63, 3.8) is 0 Å². The minimum Gasteiger partial charge on any atom is -0.454 e. The van der Waals surface area contributed by atoms with Gasteiger partial charge in [0.15, 0.2) is 11.5 Å². The number of rotatable bonds is 11. The van der Waals surface area contributed by atoms with Crippen LogP contribution in [-0.4, -0.2) is 33.0 Å². The molecule has 0 saturated carbocycles. The Hall–Kier alpha value is -3.29. The van der Waals surface area contributed by atoms with Gasteiger partial charge in [-0.3, -0.25) is 19.1 Å². The van der Waals surface area contributed by atoms with Crippen LogP contribution in [0.4, 0.5) is 5.82 Å². The van der Waals surface area contributed by atoms with Crippen molar-refractivity contribution in [3.8, 4) is 17.6 Å². The predicted octanol–water partition coefficient (Wildman–Crippen LogP) is 5.47. The number of hydrogen-bond acceptors (Lipinski definition) is 8. The second-order valence-corrected chi connectivity index (χ2v) is 11.1. The number of fused-ring (bicyclic) bond motifs is 1. The van der Waals surface area contributed by atoms with Crippen LogP contribution in [0.5, 0.6) is 11.5 Å². The van der Waals surface area contributed by atoms with E-state index < -0.39 is 5.56 Å². The number of unbranched alkanes of at least 4 members (excludes halogenated alkanes) is 5. The van der Waals surface area contributed by atoms with Crippen molar-refractivity contribution in [2.75, 3.05) is 18.7 Å². The topological polar surface area (TPSA) is 96.6 Å². The number of ether oxygens (including phenoxy) is 2. The molecule has 1 fully saturated rings. The number of amides is 1. The zero-order chi connectivity index (χ0) is 27.2. The van der Waals surface area contributed by atoms with Gasteiger partial charge in [0.2, 0.25) is 6.79 Å². The van der Waals surface area contributed by atoms with E-state index in [1.807, 2.05) is 24.3 Å². The molecule has 0 radical (unpaired) electrons. The van der Waals surface area contributed by atoms with E-state index in [0.29, 0.717) is 50.8 Å². The van der Waals surface area contributed by atoms with Gasteiger partial charge in [0, 0.05) is 25.7 Å². The van der Waals surface area contributed by atoms with Gasteiger partial charge in [-0.15, -0.1) is 0 Å². The zero-order valence-electron chi connectivity index (χ0n) is 22.0. The fourth-order valence-electron chi connectivity index (χ4n) is 4.56. The second-order valence-electron chi connectivity index (χ2n) is 9.38. The van der Waals surface area contributed by atoms with Crippen LogP contribution in [0.2, 0.25) is 0 Å². The van der Waals surface area contributed by atoms with E-state index in [1.165, 1.54) is 35.6 Å². The van der Waals surface area contributed by atoms with Gasteiger partial charge in [-0.05, 0) is 42.7 Å². The van der Waals surface area contributed by atoms with Crippen molar-refractivity contribution in [2.24, 2.45) is 7.05 Å². The standard InChI is InChI=1S/C28H32N4O4S2/c1-4-5-6-7-8-9-12-32-27(34)24(38-28(32)37)14-20-18(2)21(15-29)26(33)31(3)25(20)30-16-19-10-11-22-23(13-19)36-17-35-22/h10-11,13-14,30H,4-9,12,16-17H2,1-3H3/b24-14+. The number of nitrogens with one attached hydrogen (secondary N) is 1. The Balaban J connectivity index is 1.58. The summed E-state index contributed by atoms with van der Waals surface area (Å²) in [6.07, 6.45) is 8.52. The number of thioether (sulfide) groups is 1. The Morgan fingerprint density at radius 1 is 1.16 bits per heavy atom. The van der Waals surface area contributed by atoms with E-state index >= 15 is 0 Å². The third-order valence-electron chi connectivity index (χ3n) is 6.78. The fourth-order valence-corrected chi connectivity index (χ4v) is 5.85. The summed E-state index contributed by atoms with van der Waals surface area (Å²) in [7, 11) is 1.62. The van der Waals surface area contributed by atoms with E-state index in [0.717, 1.165) is 24.8 Å². The molecule has 8 nitrogen and oxygen atoms in total. The number of carbonyl (C=O) groups excluding carboxylic acids is 1. The molecular weight excluding hydrogens is 520 g/mol. The highest BCUT2D eigenvalue weighted by Gasteiger charge is 2.32. The van der Waals surface area contributed by atoms with Crippen LogP contribution >= 0.6 is 24.0 Å². The first-order valence-electron chi connectivity index (χ1n) is 12.9. The minimum absolute atomic E-state index is 0.0509. The Labute approximate surface area is 232 Å². The second kappa shape index (κ2) is 12.5. The molecule has 4 rings (SSSR count). The van der Waals surface area contributed by atoms with Crippen LogP contribution < -0.4 is 20.3 Å². The molecule has 2 aliphatic rings. The van der Waals surface area contributed by atoms with E-state index in [9.17, 15) is 14.9 Å². The first-order chi connectivity index (χ1) is 18.3. The lowest BCUT2D eigenvalue weighted by Crippen LogP contribution is -2.29. The molecule has 0 spiro atoms. The van der Waals surface area contributed by atoms with Gasteiger partial charge >= 0.3 is 0 Å². The Morgan fingerprint density at radius 3 is 2.66 bits per heavy atom. The quantitative estimate of drug-likeness (QED) is 0.223. The first kappa shape index (κ1) is 27.7. The van der Waals surface area contributed by atoms with Gasteiger partial charge in [-0.2, -0.15) is 5.26 Å². The van der Waals surface area contributed by atoms with Crippen LogP contribution in [0.15, 0.2) is 27.9 Å². The van der Waals surface area contributed by atoms with Gasteiger partial charge in [-0.25, -0.2) is 0 Å². The summed E-state index contributed by atoms with van der Waals surface area (Å²) in [4.78, 5) is 28.3. The lowest BCUT2D eigenvalue weighted by Gasteiger charge is -2.18. The van der Waals surface area contributed by atoms with Gasteiger partial charge in [0.25, 0.3) is 11.5 Å². The van der Waals surface area contributed by atoms with Crippen molar-refractivity contribution in [2.45, 2.75) is 58.9 Å². The minimum atomic E-state index is -0.397. The van der Waals surface area contributed by atoms with Crippen molar-refractivity contribution in [1.29, 1.82) is 5.26 Å². The number of thiocarbonyl (C=S) groups is 1. The molecule has 0 aliphatic carbocycles. The van der Waals surface area contributed by atoms with Gasteiger partial charge in [0.05, 0.1) is 4.91 Å². The lowest BCUT2D eigenvalue weighted by molar-refractivity contribution is -0.122. The average molecular weight is 553 g/mol. The lowest BCUT2D eigenvalue weighted by atomic mass is 10.0. The molecular formula is C28H32N4O4S2. The van der Waals surface area contributed by atoms with Crippen molar-refractivity contribution in [3.05, 3.63) is 55.7 Å². The molecule has 1 N–H and O–H groups in total. The van der Waals surface area contributed by atoms with E-state index in [-0.39, 0.29) is 18.3 Å². The molecule has 10 heteroatoms. The van der Waals surface area contributed by atoms with Gasteiger partial charge in [-0.1, -0.05) is 69.1 Å². The summed E-state index contributed by atoms with van der Waals surface area (Å²) in [6, 6.07) is 7.68. The van der Waals surface area contributed by atoms with Crippen LogP contribution in [0.1, 0.15) is 67.7 Å². The van der Waals surface area contributed by atoms with Gasteiger partial charge in [0.1, 0.15) is 21.8 Å². The molecule has 1 saturated heterocycles. The molecule has 38 heavy (non-hydrogen) atoms. The summed E-state index contributed by atoms with van der Waals surface area (Å²) < 4.78 is 12.8. The molecule has 1 aromatic carbocycles. The monoisotopic (exact) mass is 552 g/mol. The highest BCUT2D eigenvalue weighted by Crippen LogP contribution is 2.36. The summed E-state index contributed by atoms with van der Waals surface area (Å²) >= 11 is 6.79. The third kappa shape index (κ3) is 5.89. The van der Waals surface area contributed by atoms with Crippen LogP contribution in [0, 0.1) is 18.3 Å². The highest BCUT2D eigenvalue weighted by molar-refractivity contribution is 8.26. The molecule has 200 valence electrons. The number of nitriles is 1. The SMILES string of the molecule is CCCCCCCCN1C(=O)/C(=C\c2c(C)c(C#N)c(=O)n(C)c2NCc2ccc3c(c2)OCO3)SC1=S. The molecule has 2 aromatic rings. The van der Waals surface area contributed by atoms with E-state index in [1.54, 1.807) is 24.9 Å². The molecule has 0 unspecified atom stereocenters. The fraction of sp³-hybridized carbons (Fsp3) is 0.429. The normalized spacial score (nSPS) is 15.4.